The molecular weight excluding hydrogens is 480 g/mol. The molecule has 0 spiro atoms. The van der Waals surface area contributed by atoms with Gasteiger partial charge in [0, 0.05) is 23.3 Å². The predicted octanol–water partition coefficient (Wildman–Crippen LogP) is 8.11. The van der Waals surface area contributed by atoms with Gasteiger partial charge in [-0.2, -0.15) is 5.26 Å². The zero-order valence-electron chi connectivity index (χ0n) is 24.6. The standard InChI is InChI=1S/C35H47N2O2/c1-29(2)37(30(3)4,26-14-6-7-15-27-39-28-16-25-36)35(31-17-10-8-11-18-31,32-19-12-9-13-20-32)33-21-23-34(38-5)24-22-33/h8-13,17-24,29-30H,6-7,14-16,26-28H2,1-5H3/q+1. The molecule has 0 amide bonds. The highest BCUT2D eigenvalue weighted by Crippen LogP contribution is 2.51. The van der Waals surface area contributed by atoms with E-state index in [0.29, 0.717) is 25.1 Å². The molecule has 0 N–H and O–H groups in total. The third-order valence-electron chi connectivity index (χ3n) is 8.28. The minimum Gasteiger partial charge on any atom is -0.497 e. The van der Waals surface area contributed by atoms with Crippen LogP contribution in [0.15, 0.2) is 84.9 Å². The zero-order chi connectivity index (χ0) is 28.1. The molecule has 3 aromatic rings. The van der Waals surface area contributed by atoms with Gasteiger partial charge in [0.2, 0.25) is 0 Å². The fourth-order valence-electron chi connectivity index (χ4n) is 6.62. The van der Waals surface area contributed by atoms with Crippen LogP contribution in [0, 0.1) is 11.3 Å². The Morgan fingerprint density at radius 3 is 1.69 bits per heavy atom. The SMILES string of the molecule is COc1ccc(C(c2ccccc2)(c2ccccc2)[N+](CCCCCCOCCC#N)(C(C)C)C(C)C)cc1. The van der Waals surface area contributed by atoms with Crippen LogP contribution in [-0.2, 0) is 10.3 Å². The van der Waals surface area contributed by atoms with Crippen molar-refractivity contribution in [1.82, 2.24) is 0 Å². The highest BCUT2D eigenvalue weighted by atomic mass is 16.5. The number of quaternary nitrogens is 1. The van der Waals surface area contributed by atoms with Crippen molar-refractivity contribution >= 4 is 0 Å². The van der Waals surface area contributed by atoms with Gasteiger partial charge >= 0.3 is 0 Å². The molecule has 0 heterocycles. The fourth-order valence-corrected chi connectivity index (χ4v) is 6.62. The summed E-state index contributed by atoms with van der Waals surface area (Å²) in [6.45, 7) is 11.9. The Morgan fingerprint density at radius 1 is 0.692 bits per heavy atom. The first kappa shape index (κ1) is 30.4. The second kappa shape index (κ2) is 14.9. The van der Waals surface area contributed by atoms with Gasteiger partial charge in [-0.3, -0.25) is 0 Å². The summed E-state index contributed by atoms with van der Waals surface area (Å²) in [7, 11) is 1.73. The average molecular weight is 528 g/mol. The van der Waals surface area contributed by atoms with Gasteiger partial charge in [-0.25, -0.2) is 0 Å². The van der Waals surface area contributed by atoms with Gasteiger partial charge in [0.05, 0.1) is 44.8 Å². The van der Waals surface area contributed by atoms with E-state index in [1.165, 1.54) is 16.7 Å². The van der Waals surface area contributed by atoms with E-state index in [-0.39, 0.29) is 0 Å². The summed E-state index contributed by atoms with van der Waals surface area (Å²) in [4.78, 5) is 0. The van der Waals surface area contributed by atoms with Crippen molar-refractivity contribution in [2.75, 3.05) is 26.9 Å². The van der Waals surface area contributed by atoms with Gasteiger partial charge in [-0.1, -0.05) is 67.1 Å². The molecule has 0 atom stereocenters. The molecule has 0 fully saturated rings. The zero-order valence-corrected chi connectivity index (χ0v) is 24.6. The molecule has 0 aliphatic carbocycles. The minimum absolute atomic E-state index is 0.363. The van der Waals surface area contributed by atoms with Gasteiger partial charge in [0.25, 0.3) is 0 Å². The first-order valence-corrected chi connectivity index (χ1v) is 14.5. The van der Waals surface area contributed by atoms with E-state index in [2.05, 4.69) is 119 Å². The number of hydrogen-bond donors (Lipinski definition) is 0. The molecule has 0 aromatic heterocycles. The summed E-state index contributed by atoms with van der Waals surface area (Å²) in [5.41, 5.74) is 3.51. The fraction of sp³-hybridized carbons (Fsp3) is 0.457. The van der Waals surface area contributed by atoms with E-state index in [9.17, 15) is 0 Å². The summed E-state index contributed by atoms with van der Waals surface area (Å²) < 4.78 is 12.1. The van der Waals surface area contributed by atoms with Crippen LogP contribution in [0.25, 0.3) is 0 Å². The molecule has 39 heavy (non-hydrogen) atoms. The highest BCUT2D eigenvalue weighted by Gasteiger charge is 2.57. The molecule has 4 nitrogen and oxygen atoms in total. The van der Waals surface area contributed by atoms with Crippen LogP contribution in [-0.4, -0.2) is 43.4 Å². The highest BCUT2D eigenvalue weighted by molar-refractivity contribution is 5.48. The van der Waals surface area contributed by atoms with E-state index in [4.69, 9.17) is 14.7 Å². The molecule has 0 saturated carbocycles. The lowest BCUT2D eigenvalue weighted by Crippen LogP contribution is -2.70. The number of nitrogens with zero attached hydrogens (tertiary/aromatic N) is 2. The van der Waals surface area contributed by atoms with Crippen molar-refractivity contribution in [3.05, 3.63) is 102 Å². The Bertz CT molecular complexity index is 1090. The van der Waals surface area contributed by atoms with Crippen molar-refractivity contribution in [3.63, 3.8) is 0 Å². The third kappa shape index (κ3) is 6.55. The molecule has 0 aliphatic rings. The van der Waals surface area contributed by atoms with Gasteiger partial charge in [-0.05, 0) is 71.2 Å². The second-order valence-corrected chi connectivity index (χ2v) is 10.9. The van der Waals surface area contributed by atoms with Gasteiger partial charge in [-0.15, -0.1) is 0 Å². The quantitative estimate of drug-likeness (QED) is 0.107. The predicted molar refractivity (Wildman–Crippen MR) is 161 cm³/mol. The van der Waals surface area contributed by atoms with Crippen LogP contribution in [0.1, 0.15) is 76.5 Å². The summed E-state index contributed by atoms with van der Waals surface area (Å²) in [6, 6.07) is 33.8. The molecule has 0 radical (unpaired) electrons. The second-order valence-electron chi connectivity index (χ2n) is 10.9. The summed E-state index contributed by atoms with van der Waals surface area (Å²) in [5, 5.41) is 8.71. The van der Waals surface area contributed by atoms with Gasteiger partial charge in [0.15, 0.2) is 5.54 Å². The van der Waals surface area contributed by atoms with E-state index < -0.39 is 5.54 Å². The van der Waals surface area contributed by atoms with Crippen LogP contribution in [0.2, 0.25) is 0 Å². The topological polar surface area (TPSA) is 42.2 Å². The molecular formula is C35H47N2O2+. The van der Waals surface area contributed by atoms with Gasteiger partial charge in [0.1, 0.15) is 5.75 Å². The first-order valence-electron chi connectivity index (χ1n) is 14.5. The molecule has 4 heteroatoms. The Kier molecular flexibility index (Phi) is 11.6. The normalized spacial score (nSPS) is 12.1. The number of ether oxygens (including phenoxy) is 2. The maximum Gasteiger partial charge on any atom is 0.177 e. The molecule has 3 rings (SSSR count). The Balaban J connectivity index is 2.12. The number of hydrogen-bond acceptors (Lipinski definition) is 3. The van der Waals surface area contributed by atoms with Crippen LogP contribution >= 0.6 is 0 Å². The molecule has 208 valence electrons. The summed E-state index contributed by atoms with van der Waals surface area (Å²) in [5.74, 6) is 0.873. The summed E-state index contributed by atoms with van der Waals surface area (Å²) in [6.07, 6.45) is 4.93. The van der Waals surface area contributed by atoms with Crippen molar-refractivity contribution in [3.8, 4) is 11.8 Å². The Morgan fingerprint density at radius 2 is 1.21 bits per heavy atom. The largest absolute Gasteiger partial charge is 0.497 e. The molecule has 3 aromatic carbocycles. The number of benzene rings is 3. The lowest BCUT2D eigenvalue weighted by atomic mass is 9.71. The van der Waals surface area contributed by atoms with E-state index in [0.717, 1.165) is 49.1 Å². The van der Waals surface area contributed by atoms with Crippen molar-refractivity contribution in [1.29, 1.82) is 5.26 Å². The Labute approximate surface area is 236 Å². The molecule has 0 saturated heterocycles. The number of rotatable bonds is 16. The van der Waals surface area contributed by atoms with Crippen LogP contribution < -0.4 is 4.74 Å². The van der Waals surface area contributed by atoms with Crippen molar-refractivity contribution in [2.45, 2.75) is 77.4 Å². The minimum atomic E-state index is -0.405. The molecule has 0 bridgehead atoms. The number of methoxy groups -OCH3 is 1. The first-order chi connectivity index (χ1) is 18.9. The Hall–Kier alpha value is -3.13. The number of nitriles is 1. The number of unbranched alkanes of at least 4 members (excludes halogenated alkanes) is 3. The van der Waals surface area contributed by atoms with E-state index >= 15 is 0 Å². The van der Waals surface area contributed by atoms with Crippen LogP contribution in [0.5, 0.6) is 5.75 Å². The maximum atomic E-state index is 8.71. The third-order valence-corrected chi connectivity index (χ3v) is 8.28. The summed E-state index contributed by atoms with van der Waals surface area (Å²) >= 11 is 0. The lowest BCUT2D eigenvalue weighted by Gasteiger charge is -2.59. The monoisotopic (exact) mass is 527 g/mol. The van der Waals surface area contributed by atoms with E-state index in [1.807, 2.05) is 0 Å². The van der Waals surface area contributed by atoms with Crippen LogP contribution in [0.3, 0.4) is 0 Å². The maximum absolute atomic E-state index is 8.71. The van der Waals surface area contributed by atoms with Crippen molar-refractivity contribution in [2.24, 2.45) is 0 Å². The van der Waals surface area contributed by atoms with Gasteiger partial charge < -0.3 is 14.0 Å². The average Bonchev–Trinajstić information content (AvgIpc) is 2.96. The van der Waals surface area contributed by atoms with Crippen molar-refractivity contribution < 1.29 is 14.0 Å². The molecule has 0 unspecified atom stereocenters. The van der Waals surface area contributed by atoms with Crippen LogP contribution in [0.4, 0.5) is 0 Å². The lowest BCUT2D eigenvalue weighted by molar-refractivity contribution is -1.01. The molecule has 0 aliphatic heterocycles. The van der Waals surface area contributed by atoms with E-state index in [1.54, 1.807) is 7.11 Å². The smallest absolute Gasteiger partial charge is 0.177 e.